The molecule has 0 bridgehead atoms. The van der Waals surface area contributed by atoms with Gasteiger partial charge in [-0.15, -0.1) is 0 Å². The van der Waals surface area contributed by atoms with Crippen molar-refractivity contribution in [1.82, 2.24) is 9.97 Å². The number of nitrogens with zero attached hydrogens (tertiary/aromatic N) is 2. The Labute approximate surface area is 115 Å². The summed E-state index contributed by atoms with van der Waals surface area (Å²) in [7, 11) is 1.93. The van der Waals surface area contributed by atoms with Gasteiger partial charge in [-0.1, -0.05) is 12.8 Å². The first-order valence-electron chi connectivity index (χ1n) is 7.51. The van der Waals surface area contributed by atoms with Gasteiger partial charge >= 0.3 is 0 Å². The molecule has 1 aromatic rings. The second-order valence-electron chi connectivity index (χ2n) is 5.68. The Kier molecular flexibility index (Phi) is 3.97. The molecule has 104 valence electrons. The number of anilines is 1. The molecule has 2 fully saturated rings. The van der Waals surface area contributed by atoms with Crippen LogP contribution in [0.15, 0.2) is 6.07 Å². The highest BCUT2D eigenvalue weighted by molar-refractivity contribution is 5.37. The van der Waals surface area contributed by atoms with Crippen LogP contribution in [-0.2, 0) is 4.74 Å². The van der Waals surface area contributed by atoms with E-state index in [2.05, 4.69) is 16.4 Å². The molecule has 2 aliphatic rings. The van der Waals surface area contributed by atoms with Gasteiger partial charge in [0.05, 0.1) is 6.61 Å². The molecule has 0 spiro atoms. The highest BCUT2D eigenvalue weighted by Gasteiger charge is 2.23. The predicted molar refractivity (Wildman–Crippen MR) is 75.6 cm³/mol. The second kappa shape index (κ2) is 5.87. The quantitative estimate of drug-likeness (QED) is 0.908. The number of ether oxygens (including phenoxy) is 1. The Bertz CT molecular complexity index is 423. The van der Waals surface area contributed by atoms with E-state index in [1.165, 1.54) is 31.4 Å². The first-order chi connectivity index (χ1) is 9.36. The van der Waals surface area contributed by atoms with Crippen LogP contribution in [0, 0.1) is 0 Å². The van der Waals surface area contributed by atoms with Crippen molar-refractivity contribution in [2.75, 3.05) is 25.6 Å². The van der Waals surface area contributed by atoms with Gasteiger partial charge in [0.2, 0.25) is 0 Å². The topological polar surface area (TPSA) is 47.0 Å². The molecule has 2 heterocycles. The highest BCUT2D eigenvalue weighted by atomic mass is 16.5. The zero-order valence-electron chi connectivity index (χ0n) is 11.7. The summed E-state index contributed by atoms with van der Waals surface area (Å²) in [5, 5.41) is 3.18. The lowest BCUT2D eigenvalue weighted by atomic mass is 9.99. The number of nitrogens with one attached hydrogen (secondary N) is 1. The van der Waals surface area contributed by atoms with Gasteiger partial charge in [-0.05, 0) is 25.7 Å². The van der Waals surface area contributed by atoms with Gasteiger partial charge in [-0.25, -0.2) is 9.97 Å². The third kappa shape index (κ3) is 2.89. The van der Waals surface area contributed by atoms with E-state index in [9.17, 15) is 0 Å². The van der Waals surface area contributed by atoms with Gasteiger partial charge in [0.1, 0.15) is 11.6 Å². The van der Waals surface area contributed by atoms with Gasteiger partial charge < -0.3 is 10.1 Å². The molecule has 1 unspecified atom stereocenters. The van der Waals surface area contributed by atoms with E-state index in [0.29, 0.717) is 11.8 Å². The van der Waals surface area contributed by atoms with Crippen LogP contribution in [0.2, 0.25) is 0 Å². The van der Waals surface area contributed by atoms with Crippen molar-refractivity contribution < 1.29 is 4.74 Å². The lowest BCUT2D eigenvalue weighted by Crippen LogP contribution is -2.19. The molecular weight excluding hydrogens is 238 g/mol. The summed E-state index contributed by atoms with van der Waals surface area (Å²) in [6, 6.07) is 2.13. The van der Waals surface area contributed by atoms with Crippen LogP contribution >= 0.6 is 0 Å². The van der Waals surface area contributed by atoms with E-state index in [1.807, 2.05) is 7.05 Å². The first kappa shape index (κ1) is 12.9. The maximum Gasteiger partial charge on any atom is 0.136 e. The number of aromatic nitrogens is 2. The molecule has 1 saturated heterocycles. The van der Waals surface area contributed by atoms with E-state index >= 15 is 0 Å². The van der Waals surface area contributed by atoms with E-state index in [-0.39, 0.29) is 0 Å². The summed E-state index contributed by atoms with van der Waals surface area (Å²) in [5.74, 6) is 2.95. The van der Waals surface area contributed by atoms with Gasteiger partial charge in [-0.2, -0.15) is 0 Å². The van der Waals surface area contributed by atoms with E-state index in [4.69, 9.17) is 9.72 Å². The van der Waals surface area contributed by atoms with Crippen molar-refractivity contribution in [3.05, 3.63) is 17.6 Å². The molecule has 1 aromatic heterocycles. The molecule has 4 heteroatoms. The molecule has 19 heavy (non-hydrogen) atoms. The Hall–Kier alpha value is -1.16. The number of rotatable bonds is 3. The molecule has 0 radical (unpaired) electrons. The van der Waals surface area contributed by atoms with E-state index in [0.717, 1.165) is 37.7 Å². The van der Waals surface area contributed by atoms with Crippen molar-refractivity contribution in [3.63, 3.8) is 0 Å². The monoisotopic (exact) mass is 261 g/mol. The van der Waals surface area contributed by atoms with Crippen molar-refractivity contribution in [3.8, 4) is 0 Å². The molecular formula is C15H23N3O. The molecule has 4 nitrogen and oxygen atoms in total. The maximum absolute atomic E-state index is 5.57. The molecule has 1 aliphatic carbocycles. The summed E-state index contributed by atoms with van der Waals surface area (Å²) in [4.78, 5) is 9.50. The SMILES string of the molecule is CNc1cc(C2CCCC2)nc(C2CCCOC2)n1. The first-order valence-corrected chi connectivity index (χ1v) is 7.51. The van der Waals surface area contributed by atoms with Crippen molar-refractivity contribution in [1.29, 1.82) is 0 Å². The van der Waals surface area contributed by atoms with Crippen LogP contribution in [0.1, 0.15) is 61.9 Å². The summed E-state index contributed by atoms with van der Waals surface area (Å²) >= 11 is 0. The summed E-state index contributed by atoms with van der Waals surface area (Å²) in [6.07, 6.45) is 7.51. The fraction of sp³-hybridized carbons (Fsp3) is 0.733. The smallest absolute Gasteiger partial charge is 0.136 e. The van der Waals surface area contributed by atoms with Crippen LogP contribution in [0.25, 0.3) is 0 Å². The second-order valence-corrected chi connectivity index (χ2v) is 5.68. The molecule has 1 saturated carbocycles. The van der Waals surface area contributed by atoms with Gasteiger partial charge in [0, 0.05) is 37.3 Å². The maximum atomic E-state index is 5.57. The zero-order valence-corrected chi connectivity index (χ0v) is 11.7. The molecule has 3 rings (SSSR count). The van der Waals surface area contributed by atoms with Crippen molar-refractivity contribution in [2.45, 2.75) is 50.4 Å². The largest absolute Gasteiger partial charge is 0.381 e. The molecule has 0 aromatic carbocycles. The Morgan fingerprint density at radius 3 is 2.58 bits per heavy atom. The minimum atomic E-state index is 0.377. The minimum absolute atomic E-state index is 0.377. The van der Waals surface area contributed by atoms with Gasteiger partial charge in [-0.3, -0.25) is 0 Å². The summed E-state index contributed by atoms with van der Waals surface area (Å²) in [5.41, 5.74) is 1.23. The van der Waals surface area contributed by atoms with Crippen molar-refractivity contribution >= 4 is 5.82 Å². The van der Waals surface area contributed by atoms with Gasteiger partial charge in [0.25, 0.3) is 0 Å². The van der Waals surface area contributed by atoms with Crippen LogP contribution in [0.3, 0.4) is 0 Å². The van der Waals surface area contributed by atoms with E-state index in [1.54, 1.807) is 0 Å². The zero-order chi connectivity index (χ0) is 13.1. The predicted octanol–water partition coefficient (Wildman–Crippen LogP) is 3.07. The number of hydrogen-bond donors (Lipinski definition) is 1. The summed E-state index contributed by atoms with van der Waals surface area (Å²) in [6.45, 7) is 1.66. The fourth-order valence-corrected chi connectivity index (χ4v) is 3.17. The lowest BCUT2D eigenvalue weighted by molar-refractivity contribution is 0.0780. The third-order valence-corrected chi connectivity index (χ3v) is 4.32. The van der Waals surface area contributed by atoms with E-state index < -0.39 is 0 Å². The Morgan fingerprint density at radius 2 is 1.89 bits per heavy atom. The lowest BCUT2D eigenvalue weighted by Gasteiger charge is -2.22. The van der Waals surface area contributed by atoms with Crippen molar-refractivity contribution in [2.24, 2.45) is 0 Å². The standard InChI is InChI=1S/C15H23N3O/c1-16-14-9-13(11-5-2-3-6-11)17-15(18-14)12-7-4-8-19-10-12/h9,11-12H,2-8,10H2,1H3,(H,16,17,18). The average molecular weight is 261 g/mol. The van der Waals surface area contributed by atoms with Crippen LogP contribution in [-0.4, -0.2) is 30.2 Å². The Morgan fingerprint density at radius 1 is 1.11 bits per heavy atom. The molecule has 1 aliphatic heterocycles. The highest BCUT2D eigenvalue weighted by Crippen LogP contribution is 2.34. The molecule has 1 atom stereocenters. The molecule has 1 N–H and O–H groups in total. The minimum Gasteiger partial charge on any atom is -0.381 e. The van der Waals surface area contributed by atoms with Crippen LogP contribution in [0.5, 0.6) is 0 Å². The average Bonchev–Trinajstić information content (AvgIpc) is 3.02. The molecule has 0 amide bonds. The normalized spacial score (nSPS) is 24.6. The van der Waals surface area contributed by atoms with Crippen LogP contribution in [0.4, 0.5) is 5.82 Å². The third-order valence-electron chi connectivity index (χ3n) is 4.32. The number of hydrogen-bond acceptors (Lipinski definition) is 4. The Balaban J connectivity index is 1.87. The fourth-order valence-electron chi connectivity index (χ4n) is 3.17. The summed E-state index contributed by atoms with van der Waals surface area (Å²) < 4.78 is 5.57. The van der Waals surface area contributed by atoms with Gasteiger partial charge in [0.15, 0.2) is 0 Å². The van der Waals surface area contributed by atoms with Crippen LogP contribution < -0.4 is 5.32 Å².